The number of hydrogen-bond acceptors (Lipinski definition) is 4. The van der Waals surface area contributed by atoms with Gasteiger partial charge < -0.3 is 10.1 Å². The monoisotopic (exact) mass is 535 g/mol. The molecule has 4 nitrogen and oxygen atoms in total. The molecule has 0 radical (unpaired) electrons. The molecule has 0 aliphatic rings. The third-order valence-corrected chi connectivity index (χ3v) is 5.53. The Morgan fingerprint density at radius 3 is 2.38 bits per heavy atom. The number of esters is 1. The van der Waals surface area contributed by atoms with Crippen LogP contribution in [0.1, 0.15) is 10.4 Å². The number of benzene rings is 2. The van der Waals surface area contributed by atoms with Gasteiger partial charge in [-0.3, -0.25) is 4.79 Å². The second-order valence-corrected chi connectivity index (χ2v) is 8.33. The number of halogens is 3. The maximum Gasteiger partial charge on any atom is 0.340 e. The third-order valence-electron chi connectivity index (χ3n) is 2.91. The SMILES string of the molecule is COC(=O)c1cc(Br)cc(Br)c1NC(=O)CSc1ccc(Br)cc1. The zero-order valence-electron chi connectivity index (χ0n) is 12.4. The maximum atomic E-state index is 12.2. The molecule has 0 spiro atoms. The summed E-state index contributed by atoms with van der Waals surface area (Å²) in [6.45, 7) is 0. The third kappa shape index (κ3) is 5.34. The van der Waals surface area contributed by atoms with E-state index in [1.54, 1.807) is 12.1 Å². The molecule has 24 heavy (non-hydrogen) atoms. The topological polar surface area (TPSA) is 55.4 Å². The number of hydrogen-bond donors (Lipinski definition) is 1. The molecule has 0 aliphatic heterocycles. The van der Waals surface area contributed by atoms with Crippen LogP contribution in [0.4, 0.5) is 5.69 Å². The Bertz CT molecular complexity index is 766. The van der Waals surface area contributed by atoms with Crippen LogP contribution in [0.5, 0.6) is 0 Å². The molecule has 0 fully saturated rings. The van der Waals surface area contributed by atoms with Crippen molar-refractivity contribution in [1.82, 2.24) is 0 Å². The summed E-state index contributed by atoms with van der Waals surface area (Å²) in [5, 5.41) is 2.77. The van der Waals surface area contributed by atoms with Gasteiger partial charge in [0, 0.05) is 18.3 Å². The summed E-state index contributed by atoms with van der Waals surface area (Å²) in [4.78, 5) is 25.1. The van der Waals surface area contributed by atoms with Gasteiger partial charge in [-0.25, -0.2) is 4.79 Å². The molecule has 0 bridgehead atoms. The van der Waals surface area contributed by atoms with E-state index in [4.69, 9.17) is 4.74 Å². The molecular formula is C16H12Br3NO3S. The fourth-order valence-corrected chi connectivity index (χ4v) is 4.11. The molecule has 1 amide bonds. The van der Waals surface area contributed by atoms with E-state index in [1.165, 1.54) is 18.9 Å². The van der Waals surface area contributed by atoms with E-state index in [-0.39, 0.29) is 17.2 Å². The highest BCUT2D eigenvalue weighted by Crippen LogP contribution is 2.31. The molecule has 0 heterocycles. The van der Waals surface area contributed by atoms with Gasteiger partial charge in [-0.2, -0.15) is 0 Å². The van der Waals surface area contributed by atoms with Gasteiger partial charge in [-0.1, -0.05) is 31.9 Å². The summed E-state index contributed by atoms with van der Waals surface area (Å²) in [7, 11) is 1.30. The molecule has 0 unspecified atom stereocenters. The van der Waals surface area contributed by atoms with Gasteiger partial charge >= 0.3 is 5.97 Å². The molecular weight excluding hydrogens is 526 g/mol. The Kier molecular flexibility index (Phi) is 7.34. The van der Waals surface area contributed by atoms with Crippen molar-refractivity contribution in [3.63, 3.8) is 0 Å². The van der Waals surface area contributed by atoms with Gasteiger partial charge in [0.05, 0.1) is 24.1 Å². The number of rotatable bonds is 5. The average Bonchev–Trinajstić information content (AvgIpc) is 2.55. The highest BCUT2D eigenvalue weighted by Gasteiger charge is 2.18. The number of amides is 1. The molecule has 0 saturated heterocycles. The molecule has 2 rings (SSSR count). The lowest BCUT2D eigenvalue weighted by molar-refractivity contribution is -0.113. The lowest BCUT2D eigenvalue weighted by Crippen LogP contribution is -2.17. The minimum atomic E-state index is -0.520. The molecule has 0 saturated carbocycles. The first-order chi connectivity index (χ1) is 11.4. The fourth-order valence-electron chi connectivity index (χ4n) is 1.83. The Morgan fingerprint density at radius 2 is 1.75 bits per heavy atom. The zero-order valence-corrected chi connectivity index (χ0v) is 18.0. The Hall–Kier alpha value is -0.830. The van der Waals surface area contributed by atoms with E-state index < -0.39 is 5.97 Å². The van der Waals surface area contributed by atoms with Gasteiger partial charge in [0.25, 0.3) is 0 Å². The van der Waals surface area contributed by atoms with E-state index in [1.807, 2.05) is 24.3 Å². The first-order valence-corrected chi connectivity index (χ1v) is 10.0. The van der Waals surface area contributed by atoms with E-state index in [0.29, 0.717) is 14.6 Å². The largest absolute Gasteiger partial charge is 0.465 e. The van der Waals surface area contributed by atoms with Crippen LogP contribution >= 0.6 is 59.6 Å². The molecule has 2 aromatic rings. The van der Waals surface area contributed by atoms with Gasteiger partial charge in [0.1, 0.15) is 0 Å². The lowest BCUT2D eigenvalue weighted by Gasteiger charge is -2.12. The normalized spacial score (nSPS) is 10.3. The lowest BCUT2D eigenvalue weighted by atomic mass is 10.2. The van der Waals surface area contributed by atoms with Crippen molar-refractivity contribution in [2.75, 3.05) is 18.2 Å². The Morgan fingerprint density at radius 1 is 1.08 bits per heavy atom. The highest BCUT2D eigenvalue weighted by atomic mass is 79.9. The van der Waals surface area contributed by atoms with Crippen LogP contribution < -0.4 is 5.32 Å². The van der Waals surface area contributed by atoms with Crippen LogP contribution in [0.15, 0.2) is 54.7 Å². The van der Waals surface area contributed by atoms with Crippen LogP contribution in [0.25, 0.3) is 0 Å². The predicted molar refractivity (Wildman–Crippen MR) is 107 cm³/mol. The molecule has 2 aromatic carbocycles. The summed E-state index contributed by atoms with van der Waals surface area (Å²) >= 11 is 11.5. The number of ether oxygens (including phenoxy) is 1. The van der Waals surface area contributed by atoms with Gasteiger partial charge in [-0.15, -0.1) is 11.8 Å². The number of carbonyl (C=O) groups excluding carboxylic acids is 2. The van der Waals surface area contributed by atoms with E-state index in [0.717, 1.165) is 9.37 Å². The van der Waals surface area contributed by atoms with Crippen LogP contribution in [0.3, 0.4) is 0 Å². The molecule has 0 aromatic heterocycles. The van der Waals surface area contributed by atoms with E-state index in [9.17, 15) is 9.59 Å². The van der Waals surface area contributed by atoms with Crippen molar-refractivity contribution in [2.24, 2.45) is 0 Å². The summed E-state index contributed by atoms with van der Waals surface area (Å²) in [6, 6.07) is 11.1. The zero-order chi connectivity index (χ0) is 17.7. The van der Waals surface area contributed by atoms with Crippen LogP contribution in [0.2, 0.25) is 0 Å². The van der Waals surface area contributed by atoms with Crippen molar-refractivity contribution in [3.8, 4) is 0 Å². The second kappa shape index (κ2) is 9.03. The van der Waals surface area contributed by atoms with Crippen molar-refractivity contribution >= 4 is 77.1 Å². The highest BCUT2D eigenvalue weighted by molar-refractivity contribution is 9.11. The van der Waals surface area contributed by atoms with Crippen LogP contribution in [-0.4, -0.2) is 24.7 Å². The minimum absolute atomic E-state index is 0.212. The summed E-state index contributed by atoms with van der Waals surface area (Å²) < 4.78 is 7.05. The molecule has 8 heteroatoms. The molecule has 1 N–H and O–H groups in total. The fraction of sp³-hybridized carbons (Fsp3) is 0.125. The average molecular weight is 538 g/mol. The number of anilines is 1. The minimum Gasteiger partial charge on any atom is -0.465 e. The van der Waals surface area contributed by atoms with Crippen molar-refractivity contribution in [3.05, 3.63) is 55.4 Å². The molecule has 0 atom stereocenters. The summed E-state index contributed by atoms with van der Waals surface area (Å²) in [5.74, 6) is -0.506. The van der Waals surface area contributed by atoms with Gasteiger partial charge in [0.2, 0.25) is 5.91 Å². The summed E-state index contributed by atoms with van der Waals surface area (Å²) in [5.41, 5.74) is 0.673. The van der Waals surface area contributed by atoms with E-state index in [2.05, 4.69) is 53.1 Å². The van der Waals surface area contributed by atoms with Gasteiger partial charge in [0.15, 0.2) is 0 Å². The number of thioether (sulfide) groups is 1. The van der Waals surface area contributed by atoms with Gasteiger partial charge in [-0.05, 0) is 52.3 Å². The first-order valence-electron chi connectivity index (χ1n) is 6.66. The first kappa shape index (κ1) is 19.5. The van der Waals surface area contributed by atoms with Crippen molar-refractivity contribution in [2.45, 2.75) is 4.90 Å². The van der Waals surface area contributed by atoms with Crippen molar-refractivity contribution < 1.29 is 14.3 Å². The van der Waals surface area contributed by atoms with Crippen molar-refractivity contribution in [1.29, 1.82) is 0 Å². The quantitative estimate of drug-likeness (QED) is 0.405. The molecule has 126 valence electrons. The smallest absolute Gasteiger partial charge is 0.340 e. The molecule has 0 aliphatic carbocycles. The predicted octanol–water partition coefficient (Wildman–Crippen LogP) is 5.49. The Balaban J connectivity index is 2.10. The van der Waals surface area contributed by atoms with E-state index >= 15 is 0 Å². The number of carbonyl (C=O) groups is 2. The Labute approximate surface area is 169 Å². The van der Waals surface area contributed by atoms with Crippen LogP contribution in [-0.2, 0) is 9.53 Å². The number of methoxy groups -OCH3 is 1. The van der Waals surface area contributed by atoms with Crippen LogP contribution in [0, 0.1) is 0 Å². The standard InChI is InChI=1S/C16H12Br3NO3S/c1-23-16(22)12-6-10(18)7-13(19)15(12)20-14(21)8-24-11-4-2-9(17)3-5-11/h2-7H,8H2,1H3,(H,20,21). The number of nitrogens with one attached hydrogen (secondary N) is 1. The second-order valence-electron chi connectivity index (χ2n) is 4.59. The maximum absolute atomic E-state index is 12.2. The summed E-state index contributed by atoms with van der Waals surface area (Å²) in [6.07, 6.45) is 0.